The van der Waals surface area contributed by atoms with Crippen LogP contribution in [0.5, 0.6) is 5.75 Å². The summed E-state index contributed by atoms with van der Waals surface area (Å²) in [5.41, 5.74) is 5.51. The maximum absolute atomic E-state index is 11.1. The number of rotatable bonds is 5. The fourth-order valence-corrected chi connectivity index (χ4v) is 3.56. The molecule has 158 valence electrons. The van der Waals surface area contributed by atoms with Crippen LogP contribution in [-0.4, -0.2) is 27.5 Å². The van der Waals surface area contributed by atoms with Gasteiger partial charge in [0.05, 0.1) is 11.8 Å². The fraction of sp³-hybridized carbons (Fsp3) is 0. The Labute approximate surface area is 189 Å². The highest BCUT2D eigenvalue weighted by Crippen LogP contribution is 2.35. The smallest absolute Gasteiger partial charge is 0.335 e. The van der Waals surface area contributed by atoms with Gasteiger partial charge in [0.2, 0.25) is 0 Å². The minimum Gasteiger partial charge on any atom is -0.507 e. The summed E-state index contributed by atoms with van der Waals surface area (Å²) < 4.78 is 0. The molecule has 4 aromatic carbocycles. The highest BCUT2D eigenvalue weighted by atomic mass is 32.1. The van der Waals surface area contributed by atoms with E-state index in [4.69, 9.17) is 17.3 Å². The number of aromatic hydroxyl groups is 1. The second kappa shape index (κ2) is 9.28. The second-order valence-corrected chi connectivity index (χ2v) is 7.39. The SMILES string of the molecule is O=C(O)c1cccc(NC(=S)NN=Cc2cccc(-c3cccc4ccccc34)c2O)c1. The number of nitrogens with zero attached hydrogens (tertiary/aromatic N) is 1. The summed E-state index contributed by atoms with van der Waals surface area (Å²) in [6.45, 7) is 0. The van der Waals surface area contributed by atoms with Crippen molar-refractivity contribution in [2.45, 2.75) is 0 Å². The molecule has 0 bridgehead atoms. The number of carboxylic acid groups (broad SMARTS) is 1. The molecule has 0 heterocycles. The van der Waals surface area contributed by atoms with E-state index >= 15 is 0 Å². The van der Waals surface area contributed by atoms with Gasteiger partial charge in [0.1, 0.15) is 5.75 Å². The van der Waals surface area contributed by atoms with Crippen molar-refractivity contribution in [3.05, 3.63) is 96.1 Å². The van der Waals surface area contributed by atoms with Crippen LogP contribution in [0.25, 0.3) is 21.9 Å². The quantitative estimate of drug-likeness (QED) is 0.192. The van der Waals surface area contributed by atoms with Gasteiger partial charge >= 0.3 is 5.97 Å². The minimum atomic E-state index is -1.02. The first-order chi connectivity index (χ1) is 15.5. The van der Waals surface area contributed by atoms with Crippen molar-refractivity contribution in [3.8, 4) is 16.9 Å². The molecule has 0 amide bonds. The van der Waals surface area contributed by atoms with E-state index in [1.165, 1.54) is 18.3 Å². The number of nitrogens with one attached hydrogen (secondary N) is 2. The van der Waals surface area contributed by atoms with Crippen LogP contribution in [0, 0.1) is 0 Å². The van der Waals surface area contributed by atoms with E-state index in [0.717, 1.165) is 16.3 Å². The number of fused-ring (bicyclic) bond motifs is 1. The van der Waals surface area contributed by atoms with Crippen LogP contribution in [-0.2, 0) is 0 Å². The van der Waals surface area contributed by atoms with Gasteiger partial charge in [-0.2, -0.15) is 5.10 Å². The van der Waals surface area contributed by atoms with E-state index in [9.17, 15) is 9.90 Å². The van der Waals surface area contributed by atoms with Gasteiger partial charge < -0.3 is 15.5 Å². The van der Waals surface area contributed by atoms with E-state index in [2.05, 4.69) is 15.8 Å². The van der Waals surface area contributed by atoms with Crippen LogP contribution in [0.1, 0.15) is 15.9 Å². The molecule has 4 aromatic rings. The van der Waals surface area contributed by atoms with Gasteiger partial charge in [-0.3, -0.25) is 5.43 Å². The van der Waals surface area contributed by atoms with Crippen LogP contribution in [0.4, 0.5) is 5.69 Å². The number of thiocarbonyl (C=S) groups is 1. The molecule has 4 rings (SSSR count). The monoisotopic (exact) mass is 441 g/mol. The van der Waals surface area contributed by atoms with Crippen molar-refractivity contribution in [1.82, 2.24) is 5.43 Å². The summed E-state index contributed by atoms with van der Waals surface area (Å²) in [5.74, 6) is -0.908. The third-order valence-corrected chi connectivity index (χ3v) is 5.08. The molecule has 0 saturated carbocycles. The molecular formula is C25H19N3O3S. The van der Waals surface area contributed by atoms with Gasteiger partial charge in [-0.1, -0.05) is 60.7 Å². The number of carbonyl (C=O) groups is 1. The van der Waals surface area contributed by atoms with E-state index < -0.39 is 5.97 Å². The lowest BCUT2D eigenvalue weighted by Crippen LogP contribution is -2.24. The van der Waals surface area contributed by atoms with Crippen molar-refractivity contribution in [3.63, 3.8) is 0 Å². The molecular weight excluding hydrogens is 422 g/mol. The highest BCUT2D eigenvalue weighted by molar-refractivity contribution is 7.80. The Morgan fingerprint density at radius 3 is 2.47 bits per heavy atom. The summed E-state index contributed by atoms with van der Waals surface area (Å²) in [7, 11) is 0. The summed E-state index contributed by atoms with van der Waals surface area (Å²) >= 11 is 5.20. The lowest BCUT2D eigenvalue weighted by molar-refractivity contribution is 0.0697. The fourth-order valence-electron chi connectivity index (χ4n) is 3.39. The Morgan fingerprint density at radius 1 is 0.906 bits per heavy atom. The molecule has 32 heavy (non-hydrogen) atoms. The predicted molar refractivity (Wildman–Crippen MR) is 131 cm³/mol. The number of phenolic OH excluding ortho intramolecular Hbond substituents is 1. The zero-order chi connectivity index (χ0) is 22.5. The predicted octanol–water partition coefficient (Wildman–Crippen LogP) is 5.23. The van der Waals surface area contributed by atoms with Crippen LogP contribution >= 0.6 is 12.2 Å². The molecule has 0 aliphatic heterocycles. The lowest BCUT2D eigenvalue weighted by Gasteiger charge is -2.11. The van der Waals surface area contributed by atoms with Crippen molar-refractivity contribution in [2.75, 3.05) is 5.32 Å². The maximum Gasteiger partial charge on any atom is 0.335 e. The average Bonchev–Trinajstić information content (AvgIpc) is 2.80. The van der Waals surface area contributed by atoms with Gasteiger partial charge in [-0.15, -0.1) is 0 Å². The molecule has 0 aliphatic rings. The number of phenols is 1. The van der Waals surface area contributed by atoms with Crippen molar-refractivity contribution in [1.29, 1.82) is 0 Å². The third kappa shape index (κ3) is 4.58. The minimum absolute atomic E-state index is 0.113. The Kier molecular flexibility index (Phi) is 6.10. The van der Waals surface area contributed by atoms with Gasteiger partial charge in [0, 0.05) is 16.8 Å². The molecule has 0 spiro atoms. The number of aromatic carboxylic acids is 1. The number of hydrogen-bond donors (Lipinski definition) is 4. The lowest BCUT2D eigenvalue weighted by atomic mass is 9.96. The van der Waals surface area contributed by atoms with Crippen LogP contribution in [0.3, 0.4) is 0 Å². The van der Waals surface area contributed by atoms with E-state index in [1.807, 2.05) is 54.6 Å². The number of hydrogen-bond acceptors (Lipinski definition) is 4. The van der Waals surface area contributed by atoms with E-state index in [-0.39, 0.29) is 16.4 Å². The topological polar surface area (TPSA) is 94.0 Å². The molecule has 0 aromatic heterocycles. The van der Waals surface area contributed by atoms with Crippen LogP contribution in [0.15, 0.2) is 90.0 Å². The van der Waals surface area contributed by atoms with Gasteiger partial charge in [0.15, 0.2) is 5.11 Å². The van der Waals surface area contributed by atoms with E-state index in [0.29, 0.717) is 16.8 Å². The Bertz CT molecular complexity index is 1350. The van der Waals surface area contributed by atoms with Gasteiger partial charge in [-0.05, 0) is 52.8 Å². The van der Waals surface area contributed by atoms with Crippen LogP contribution < -0.4 is 10.7 Å². The molecule has 0 unspecified atom stereocenters. The first-order valence-electron chi connectivity index (χ1n) is 9.76. The average molecular weight is 442 g/mol. The number of para-hydroxylation sites is 1. The molecule has 0 saturated heterocycles. The Balaban J connectivity index is 1.51. The molecule has 0 fully saturated rings. The Hall–Kier alpha value is -4.23. The summed E-state index contributed by atoms with van der Waals surface area (Å²) in [6.07, 6.45) is 1.48. The first-order valence-corrected chi connectivity index (χ1v) is 10.2. The summed E-state index contributed by atoms with van der Waals surface area (Å²) in [5, 5.41) is 29.2. The molecule has 0 atom stereocenters. The molecule has 4 N–H and O–H groups in total. The number of carboxylic acids is 1. The molecule has 0 radical (unpaired) electrons. The molecule has 6 nitrogen and oxygen atoms in total. The van der Waals surface area contributed by atoms with Crippen molar-refractivity contribution >= 4 is 46.0 Å². The largest absolute Gasteiger partial charge is 0.507 e. The Morgan fingerprint density at radius 2 is 1.62 bits per heavy atom. The second-order valence-electron chi connectivity index (χ2n) is 6.98. The maximum atomic E-state index is 11.1. The van der Waals surface area contributed by atoms with Crippen molar-refractivity contribution < 1.29 is 15.0 Å². The van der Waals surface area contributed by atoms with Gasteiger partial charge in [0.25, 0.3) is 0 Å². The number of hydrazone groups is 1. The standard InChI is InChI=1S/C25H19N3O3S/c29-23-18(15-26-28-25(32)27-19-10-3-8-17(14-19)24(30)31)9-5-13-22(23)21-12-4-7-16-6-1-2-11-20(16)21/h1-15,29H,(H,30,31)(H2,27,28,32). The highest BCUT2D eigenvalue weighted by Gasteiger charge is 2.10. The normalized spacial score (nSPS) is 10.9. The van der Waals surface area contributed by atoms with Gasteiger partial charge in [-0.25, -0.2) is 4.79 Å². The first kappa shape index (κ1) is 21.0. The zero-order valence-electron chi connectivity index (χ0n) is 16.8. The summed E-state index contributed by atoms with van der Waals surface area (Å²) in [4.78, 5) is 11.1. The zero-order valence-corrected chi connectivity index (χ0v) is 17.6. The number of anilines is 1. The molecule has 0 aliphatic carbocycles. The van der Waals surface area contributed by atoms with E-state index in [1.54, 1.807) is 18.2 Å². The molecule has 7 heteroatoms. The summed E-state index contributed by atoms with van der Waals surface area (Å²) in [6, 6.07) is 25.7. The van der Waals surface area contributed by atoms with Crippen molar-refractivity contribution in [2.24, 2.45) is 5.10 Å². The number of benzene rings is 4. The third-order valence-electron chi connectivity index (χ3n) is 4.88. The van der Waals surface area contributed by atoms with Crippen LogP contribution in [0.2, 0.25) is 0 Å².